The predicted molar refractivity (Wildman–Crippen MR) is 84.5 cm³/mol. The molecule has 0 bridgehead atoms. The molecule has 0 amide bonds. The Labute approximate surface area is 182 Å². The molecule has 1 aromatic rings. The molecule has 0 heterocycles. The lowest BCUT2D eigenvalue weighted by Gasteiger charge is -2.43. The largest absolute Gasteiger partial charge is 0.508 e. The number of benzene rings is 1. The summed E-state index contributed by atoms with van der Waals surface area (Å²) in [5, 5.41) is 9.47. The van der Waals surface area contributed by atoms with Gasteiger partial charge >= 0.3 is 41.7 Å². The molecule has 0 unspecified atom stereocenters. The summed E-state index contributed by atoms with van der Waals surface area (Å²) < 4.78 is 197. The van der Waals surface area contributed by atoms with Crippen LogP contribution in [0, 0.1) is 0 Å². The Balaban J connectivity index is 3.34. The van der Waals surface area contributed by atoms with Crippen molar-refractivity contribution in [2.24, 2.45) is 0 Å². The van der Waals surface area contributed by atoms with Crippen molar-refractivity contribution in [3.05, 3.63) is 28.2 Å². The van der Waals surface area contributed by atoms with Crippen LogP contribution in [-0.2, 0) is 6.42 Å². The van der Waals surface area contributed by atoms with E-state index in [1.807, 2.05) is 0 Å². The molecule has 192 valence electrons. The monoisotopic (exact) mass is 582 g/mol. The lowest BCUT2D eigenvalue weighted by molar-refractivity contribution is -0.457. The highest BCUT2D eigenvalue weighted by molar-refractivity contribution is 9.10. The van der Waals surface area contributed by atoms with Gasteiger partial charge in [-0.25, -0.2) is 4.39 Å². The van der Waals surface area contributed by atoms with Crippen LogP contribution >= 0.6 is 15.9 Å². The molecule has 0 aliphatic carbocycles. The number of hydrogen-bond donors (Lipinski definition) is 1. The molecule has 0 saturated carbocycles. The van der Waals surface area contributed by atoms with Gasteiger partial charge in [-0.3, -0.25) is 0 Å². The van der Waals surface area contributed by atoms with Gasteiger partial charge < -0.3 is 5.11 Å². The Bertz CT molecular complexity index is 829. The van der Waals surface area contributed by atoms with Crippen molar-refractivity contribution in [1.82, 2.24) is 0 Å². The molecule has 1 N–H and O–H groups in total. The first-order chi connectivity index (χ1) is 14.4. The lowest BCUT2D eigenvalue weighted by atomic mass is 9.85. The zero-order valence-corrected chi connectivity index (χ0v) is 16.9. The standard InChI is InChI=1S/C16H10BrF15O/c17-8-3-4-9(33)7(6-8)2-1-5-10(18,19)12(21,22)14(25,26)13(23,24)11(20,15(27,28)29)16(30,31)32/h3-4,6,33H,1-2,5H2. The second-order valence-electron chi connectivity index (χ2n) is 6.71. The molecular weight excluding hydrogens is 573 g/mol. The van der Waals surface area contributed by atoms with E-state index in [-0.39, 0.29) is 10.0 Å². The van der Waals surface area contributed by atoms with Gasteiger partial charge in [0, 0.05) is 10.9 Å². The first-order valence-corrected chi connectivity index (χ1v) is 8.99. The van der Waals surface area contributed by atoms with Crippen molar-refractivity contribution in [1.29, 1.82) is 0 Å². The molecular formula is C16H10BrF15O. The Morgan fingerprint density at radius 3 is 1.55 bits per heavy atom. The molecule has 0 spiro atoms. The average molecular weight is 583 g/mol. The first-order valence-electron chi connectivity index (χ1n) is 8.19. The van der Waals surface area contributed by atoms with Gasteiger partial charge in [-0.2, -0.15) is 61.5 Å². The number of aromatic hydroxyl groups is 1. The van der Waals surface area contributed by atoms with E-state index in [1.54, 1.807) is 0 Å². The van der Waals surface area contributed by atoms with Crippen LogP contribution in [0.4, 0.5) is 65.9 Å². The van der Waals surface area contributed by atoms with Crippen LogP contribution < -0.4 is 0 Å². The van der Waals surface area contributed by atoms with Crippen LogP contribution in [0.25, 0.3) is 0 Å². The summed E-state index contributed by atoms with van der Waals surface area (Å²) in [6.07, 6.45) is -20.4. The summed E-state index contributed by atoms with van der Waals surface area (Å²) in [6, 6.07) is 3.27. The quantitative estimate of drug-likeness (QED) is 0.309. The molecule has 0 aromatic heterocycles. The lowest BCUT2D eigenvalue weighted by Crippen LogP contribution is -2.75. The van der Waals surface area contributed by atoms with Crippen molar-refractivity contribution < 1.29 is 71.0 Å². The van der Waals surface area contributed by atoms with Gasteiger partial charge in [-0.1, -0.05) is 15.9 Å². The highest BCUT2D eigenvalue weighted by atomic mass is 79.9. The van der Waals surface area contributed by atoms with E-state index < -0.39 is 66.7 Å². The average Bonchev–Trinajstić information content (AvgIpc) is 2.61. The summed E-state index contributed by atoms with van der Waals surface area (Å²) >= 11 is 2.88. The summed E-state index contributed by atoms with van der Waals surface area (Å²) in [5.74, 6) is -31.1. The number of halogens is 16. The predicted octanol–water partition coefficient (Wildman–Crippen LogP) is 7.85. The summed E-state index contributed by atoms with van der Waals surface area (Å²) in [7, 11) is 0. The normalized spacial score (nSPS) is 15.2. The van der Waals surface area contributed by atoms with Crippen molar-refractivity contribution in [2.45, 2.75) is 61.0 Å². The van der Waals surface area contributed by atoms with Crippen molar-refractivity contribution >= 4 is 15.9 Å². The summed E-state index contributed by atoms with van der Waals surface area (Å²) in [4.78, 5) is 0. The number of aryl methyl sites for hydroxylation is 1. The molecule has 17 heteroatoms. The zero-order chi connectivity index (χ0) is 26.5. The van der Waals surface area contributed by atoms with Crippen LogP contribution in [0.2, 0.25) is 0 Å². The fourth-order valence-corrected chi connectivity index (χ4v) is 2.98. The van der Waals surface area contributed by atoms with E-state index in [9.17, 15) is 71.0 Å². The third-order valence-corrected chi connectivity index (χ3v) is 4.93. The number of hydrogen-bond acceptors (Lipinski definition) is 1. The topological polar surface area (TPSA) is 20.2 Å². The third-order valence-electron chi connectivity index (χ3n) is 4.44. The first kappa shape index (κ1) is 29.5. The van der Waals surface area contributed by atoms with E-state index in [4.69, 9.17) is 0 Å². The van der Waals surface area contributed by atoms with E-state index in [1.165, 1.54) is 6.07 Å². The van der Waals surface area contributed by atoms with Crippen LogP contribution in [0.15, 0.2) is 22.7 Å². The van der Waals surface area contributed by atoms with Crippen molar-refractivity contribution in [3.8, 4) is 5.75 Å². The third kappa shape index (κ3) is 4.70. The van der Waals surface area contributed by atoms with Gasteiger partial charge in [0.2, 0.25) is 0 Å². The van der Waals surface area contributed by atoms with E-state index in [2.05, 4.69) is 15.9 Å². The minimum Gasteiger partial charge on any atom is -0.508 e. The molecule has 0 fully saturated rings. The van der Waals surface area contributed by atoms with Gasteiger partial charge in [0.15, 0.2) is 0 Å². The fraction of sp³-hybridized carbons (Fsp3) is 0.625. The van der Waals surface area contributed by atoms with Gasteiger partial charge in [-0.15, -0.1) is 0 Å². The van der Waals surface area contributed by atoms with Crippen LogP contribution in [-0.4, -0.2) is 46.8 Å². The van der Waals surface area contributed by atoms with Crippen molar-refractivity contribution in [2.75, 3.05) is 0 Å². The van der Waals surface area contributed by atoms with Crippen LogP contribution in [0.5, 0.6) is 5.75 Å². The second kappa shape index (κ2) is 8.59. The minimum absolute atomic E-state index is 0.220. The molecule has 0 aliphatic rings. The molecule has 0 atom stereocenters. The Morgan fingerprint density at radius 1 is 0.667 bits per heavy atom. The number of phenolic OH excluding ortho intramolecular Hbond substituents is 1. The SMILES string of the molecule is Oc1ccc(Br)cc1CCCC(F)(F)C(F)(F)C(F)(F)C(F)(F)C(F)(C(F)(F)F)C(F)(F)F. The molecule has 33 heavy (non-hydrogen) atoms. The van der Waals surface area contributed by atoms with Gasteiger partial charge in [-0.05, 0) is 36.6 Å². The molecule has 0 aliphatic heterocycles. The number of phenols is 1. The Morgan fingerprint density at radius 2 is 1.12 bits per heavy atom. The maximum absolute atomic E-state index is 13.8. The van der Waals surface area contributed by atoms with Gasteiger partial charge in [0.25, 0.3) is 0 Å². The van der Waals surface area contributed by atoms with E-state index in [0.717, 1.165) is 12.1 Å². The van der Waals surface area contributed by atoms with Crippen LogP contribution in [0.1, 0.15) is 18.4 Å². The Hall–Kier alpha value is -1.55. The molecule has 1 nitrogen and oxygen atoms in total. The number of rotatable bonds is 8. The summed E-state index contributed by atoms with van der Waals surface area (Å²) in [5.41, 5.74) is -8.53. The van der Waals surface area contributed by atoms with E-state index in [0.29, 0.717) is 0 Å². The smallest absolute Gasteiger partial charge is 0.438 e. The highest BCUT2D eigenvalue weighted by Crippen LogP contribution is 2.64. The minimum atomic E-state index is -8.41. The maximum Gasteiger partial charge on any atom is 0.438 e. The Kier molecular flexibility index (Phi) is 7.67. The van der Waals surface area contributed by atoms with Gasteiger partial charge in [0.1, 0.15) is 5.75 Å². The second-order valence-corrected chi connectivity index (χ2v) is 7.62. The fourth-order valence-electron chi connectivity index (χ4n) is 2.57. The van der Waals surface area contributed by atoms with Crippen LogP contribution in [0.3, 0.4) is 0 Å². The van der Waals surface area contributed by atoms with E-state index >= 15 is 0 Å². The maximum atomic E-state index is 13.8. The molecule has 1 rings (SSSR count). The van der Waals surface area contributed by atoms with Gasteiger partial charge in [0.05, 0.1) is 0 Å². The highest BCUT2D eigenvalue weighted by Gasteiger charge is 2.95. The number of alkyl halides is 15. The molecule has 0 saturated heterocycles. The zero-order valence-electron chi connectivity index (χ0n) is 15.3. The molecule has 1 aromatic carbocycles. The summed E-state index contributed by atoms with van der Waals surface area (Å²) in [6.45, 7) is 0. The van der Waals surface area contributed by atoms with Crippen molar-refractivity contribution in [3.63, 3.8) is 0 Å². The molecule has 0 radical (unpaired) electrons.